The van der Waals surface area contributed by atoms with E-state index >= 15 is 0 Å². The molecular weight excluding hydrogens is 306 g/mol. The number of carbonyl (C=O) groups is 3. The average Bonchev–Trinajstić information content (AvgIpc) is 2.60. The summed E-state index contributed by atoms with van der Waals surface area (Å²) in [7, 11) is 0. The standard InChI is InChI=1S/C19H25NO4/c1-14(21)17(12-15-8-4-2-5-9-15)20-18(22)13-24-19(23)16-10-6-3-7-11-16/h2,4-5,8-9,16-17H,3,6-7,10-13H2,1H3,(H,20,22)/t17-/m0/s1. The monoisotopic (exact) mass is 331 g/mol. The second-order valence-corrected chi connectivity index (χ2v) is 6.36. The summed E-state index contributed by atoms with van der Waals surface area (Å²) in [6, 6.07) is 8.89. The van der Waals surface area contributed by atoms with Gasteiger partial charge in [-0.2, -0.15) is 0 Å². The van der Waals surface area contributed by atoms with Crippen molar-refractivity contribution in [2.24, 2.45) is 5.92 Å². The van der Waals surface area contributed by atoms with Crippen LogP contribution in [0.5, 0.6) is 0 Å². The van der Waals surface area contributed by atoms with Gasteiger partial charge in [-0.1, -0.05) is 49.6 Å². The maximum atomic E-state index is 12.0. The minimum atomic E-state index is -0.603. The molecule has 130 valence electrons. The molecule has 1 aliphatic carbocycles. The lowest BCUT2D eigenvalue weighted by molar-refractivity contribution is -0.153. The molecule has 1 N–H and O–H groups in total. The Kier molecular flexibility index (Phi) is 6.97. The summed E-state index contributed by atoms with van der Waals surface area (Å²) >= 11 is 0. The molecule has 24 heavy (non-hydrogen) atoms. The van der Waals surface area contributed by atoms with Crippen LogP contribution in [0.1, 0.15) is 44.6 Å². The van der Waals surface area contributed by atoms with Crippen LogP contribution in [-0.2, 0) is 25.5 Å². The average molecular weight is 331 g/mol. The van der Waals surface area contributed by atoms with Gasteiger partial charge in [0.25, 0.3) is 5.91 Å². The number of rotatable bonds is 7. The molecule has 0 aliphatic heterocycles. The summed E-state index contributed by atoms with van der Waals surface area (Å²) in [6.45, 7) is 1.12. The lowest BCUT2D eigenvalue weighted by Crippen LogP contribution is -2.43. The molecule has 0 unspecified atom stereocenters. The minimum absolute atomic E-state index is 0.0838. The van der Waals surface area contributed by atoms with Crippen LogP contribution in [0.3, 0.4) is 0 Å². The zero-order valence-corrected chi connectivity index (χ0v) is 14.1. The highest BCUT2D eigenvalue weighted by Gasteiger charge is 2.24. The Morgan fingerprint density at radius 2 is 1.79 bits per heavy atom. The van der Waals surface area contributed by atoms with E-state index in [4.69, 9.17) is 4.74 Å². The van der Waals surface area contributed by atoms with Crippen molar-refractivity contribution in [3.05, 3.63) is 35.9 Å². The topological polar surface area (TPSA) is 72.5 Å². The van der Waals surface area contributed by atoms with Crippen molar-refractivity contribution < 1.29 is 19.1 Å². The van der Waals surface area contributed by atoms with Crippen molar-refractivity contribution in [1.82, 2.24) is 5.32 Å². The van der Waals surface area contributed by atoms with Gasteiger partial charge in [0.2, 0.25) is 0 Å². The highest BCUT2D eigenvalue weighted by atomic mass is 16.5. The molecule has 1 saturated carbocycles. The predicted molar refractivity (Wildman–Crippen MR) is 90.3 cm³/mol. The fraction of sp³-hybridized carbons (Fsp3) is 0.526. The van der Waals surface area contributed by atoms with Gasteiger partial charge in [-0.15, -0.1) is 0 Å². The first-order valence-corrected chi connectivity index (χ1v) is 8.56. The van der Waals surface area contributed by atoms with Crippen LogP contribution in [-0.4, -0.2) is 30.3 Å². The van der Waals surface area contributed by atoms with Crippen molar-refractivity contribution in [2.75, 3.05) is 6.61 Å². The molecule has 1 aromatic rings. The molecule has 1 aliphatic rings. The molecule has 5 heteroatoms. The fourth-order valence-electron chi connectivity index (χ4n) is 2.98. The van der Waals surface area contributed by atoms with Crippen LogP contribution in [0, 0.1) is 5.92 Å². The largest absolute Gasteiger partial charge is 0.455 e. The van der Waals surface area contributed by atoms with Crippen LogP contribution in [0.4, 0.5) is 0 Å². The van der Waals surface area contributed by atoms with E-state index < -0.39 is 11.9 Å². The Labute approximate surface area is 142 Å². The smallest absolute Gasteiger partial charge is 0.309 e. The number of nitrogens with one attached hydrogen (secondary N) is 1. The van der Waals surface area contributed by atoms with E-state index in [0.717, 1.165) is 37.7 Å². The highest BCUT2D eigenvalue weighted by molar-refractivity contribution is 5.89. The predicted octanol–water partition coefficient (Wildman–Crippen LogP) is 2.43. The van der Waals surface area contributed by atoms with Crippen molar-refractivity contribution in [2.45, 2.75) is 51.5 Å². The van der Waals surface area contributed by atoms with Gasteiger partial charge in [0.1, 0.15) is 0 Å². The van der Waals surface area contributed by atoms with Crippen LogP contribution < -0.4 is 5.32 Å². The van der Waals surface area contributed by atoms with E-state index in [9.17, 15) is 14.4 Å². The number of hydrogen-bond donors (Lipinski definition) is 1. The first kappa shape index (κ1) is 18.2. The summed E-state index contributed by atoms with van der Waals surface area (Å²) in [4.78, 5) is 35.7. The summed E-state index contributed by atoms with van der Waals surface area (Å²) < 4.78 is 5.11. The molecule has 1 atom stereocenters. The Morgan fingerprint density at radius 1 is 1.12 bits per heavy atom. The minimum Gasteiger partial charge on any atom is -0.455 e. The van der Waals surface area contributed by atoms with Gasteiger partial charge in [-0.3, -0.25) is 14.4 Å². The Balaban J connectivity index is 1.80. The van der Waals surface area contributed by atoms with Crippen LogP contribution in [0.25, 0.3) is 0 Å². The third-order valence-corrected chi connectivity index (χ3v) is 4.39. The van der Waals surface area contributed by atoms with E-state index in [1.807, 2.05) is 30.3 Å². The molecule has 1 aromatic carbocycles. The Bertz CT molecular complexity index is 564. The number of ether oxygens (including phenoxy) is 1. The van der Waals surface area contributed by atoms with Gasteiger partial charge in [-0.05, 0) is 31.7 Å². The van der Waals surface area contributed by atoms with E-state index in [2.05, 4.69) is 5.32 Å². The Hall–Kier alpha value is -2.17. The molecule has 0 heterocycles. The van der Waals surface area contributed by atoms with Gasteiger partial charge >= 0.3 is 5.97 Å². The zero-order chi connectivity index (χ0) is 17.4. The first-order valence-electron chi connectivity index (χ1n) is 8.56. The van der Waals surface area contributed by atoms with Crippen LogP contribution in [0.15, 0.2) is 30.3 Å². The molecule has 0 aromatic heterocycles. The van der Waals surface area contributed by atoms with Gasteiger partial charge in [0.05, 0.1) is 12.0 Å². The maximum absolute atomic E-state index is 12.0. The molecule has 0 bridgehead atoms. The van der Waals surface area contributed by atoms with E-state index in [0.29, 0.717) is 6.42 Å². The van der Waals surface area contributed by atoms with Gasteiger partial charge in [0, 0.05) is 0 Å². The molecule has 0 saturated heterocycles. The van der Waals surface area contributed by atoms with Crippen molar-refractivity contribution in [3.8, 4) is 0 Å². The SMILES string of the molecule is CC(=O)[C@H](Cc1ccccc1)NC(=O)COC(=O)C1CCCCC1. The number of carbonyl (C=O) groups excluding carboxylic acids is 3. The highest BCUT2D eigenvalue weighted by Crippen LogP contribution is 2.24. The summed E-state index contributed by atoms with van der Waals surface area (Å²) in [5.41, 5.74) is 0.970. The molecule has 5 nitrogen and oxygen atoms in total. The van der Waals surface area contributed by atoms with Crippen molar-refractivity contribution >= 4 is 17.7 Å². The number of ketones is 1. The van der Waals surface area contributed by atoms with Crippen LogP contribution in [0.2, 0.25) is 0 Å². The molecular formula is C19H25NO4. The third-order valence-electron chi connectivity index (χ3n) is 4.39. The number of Topliss-reactive ketones (excluding diaryl/α,β-unsaturated/α-hetero) is 1. The normalized spacial score (nSPS) is 16.2. The summed E-state index contributed by atoms with van der Waals surface area (Å²) in [5.74, 6) is -0.937. The lowest BCUT2D eigenvalue weighted by atomic mass is 9.89. The number of esters is 1. The second-order valence-electron chi connectivity index (χ2n) is 6.36. The zero-order valence-electron chi connectivity index (χ0n) is 14.1. The van der Waals surface area contributed by atoms with E-state index in [1.54, 1.807) is 0 Å². The van der Waals surface area contributed by atoms with E-state index in [-0.39, 0.29) is 24.3 Å². The summed E-state index contributed by atoms with van der Waals surface area (Å²) in [5, 5.41) is 2.66. The quantitative estimate of drug-likeness (QED) is 0.779. The molecule has 1 fully saturated rings. The maximum Gasteiger partial charge on any atom is 0.309 e. The molecule has 0 spiro atoms. The number of amides is 1. The number of hydrogen-bond acceptors (Lipinski definition) is 4. The first-order chi connectivity index (χ1) is 11.6. The Morgan fingerprint density at radius 3 is 2.42 bits per heavy atom. The van der Waals surface area contributed by atoms with Gasteiger partial charge in [0.15, 0.2) is 12.4 Å². The van der Waals surface area contributed by atoms with Crippen LogP contribution >= 0.6 is 0 Å². The number of benzene rings is 1. The van der Waals surface area contributed by atoms with Crippen molar-refractivity contribution in [1.29, 1.82) is 0 Å². The fourth-order valence-corrected chi connectivity index (χ4v) is 2.98. The van der Waals surface area contributed by atoms with E-state index in [1.165, 1.54) is 6.92 Å². The second kappa shape index (κ2) is 9.21. The molecule has 2 rings (SSSR count). The molecule has 0 radical (unpaired) electrons. The van der Waals surface area contributed by atoms with Crippen molar-refractivity contribution in [3.63, 3.8) is 0 Å². The third kappa shape index (κ3) is 5.80. The molecule has 1 amide bonds. The summed E-state index contributed by atoms with van der Waals surface area (Å²) in [6.07, 6.45) is 5.34. The van der Waals surface area contributed by atoms with Gasteiger partial charge in [-0.25, -0.2) is 0 Å². The lowest BCUT2D eigenvalue weighted by Gasteiger charge is -2.20. The van der Waals surface area contributed by atoms with Gasteiger partial charge < -0.3 is 10.1 Å².